The molecule has 3 aromatic heterocycles. The van der Waals surface area contributed by atoms with Crippen LogP contribution in [0.15, 0.2) is 9.32 Å². The van der Waals surface area contributed by atoms with E-state index in [0.717, 1.165) is 55.1 Å². The summed E-state index contributed by atoms with van der Waals surface area (Å²) in [6.07, 6.45) is 4.49. The van der Waals surface area contributed by atoms with E-state index in [2.05, 4.69) is 31.8 Å². The molecule has 1 atom stereocenters. The minimum atomic E-state index is 0.0309. The van der Waals surface area contributed by atoms with Crippen LogP contribution in [-0.2, 0) is 19.4 Å². The normalized spacial score (nSPS) is 19.5. The molecule has 5 rings (SSSR count). The highest BCUT2D eigenvalue weighted by molar-refractivity contribution is 7.18. The van der Waals surface area contributed by atoms with Gasteiger partial charge in [-0.25, -0.2) is 4.98 Å². The van der Waals surface area contributed by atoms with Gasteiger partial charge >= 0.3 is 0 Å². The molecule has 1 N–H and O–H groups in total. The second-order valence-electron chi connectivity index (χ2n) is 8.07. The van der Waals surface area contributed by atoms with Crippen LogP contribution in [0.25, 0.3) is 10.2 Å². The maximum absolute atomic E-state index is 12.7. The van der Waals surface area contributed by atoms with Gasteiger partial charge in [-0.3, -0.25) is 14.6 Å². The Bertz CT molecular complexity index is 1080. The molecule has 1 aliphatic carbocycles. The van der Waals surface area contributed by atoms with Crippen molar-refractivity contribution >= 4 is 21.6 Å². The SMILES string of the molecule is Cc1noc([C@H](C)N2CCN(Cc3nc4sc5c(c4c(=O)[nH]3)CCCC5)CC2)n1. The summed E-state index contributed by atoms with van der Waals surface area (Å²) < 4.78 is 5.33. The zero-order valence-corrected chi connectivity index (χ0v) is 17.7. The van der Waals surface area contributed by atoms with Gasteiger partial charge in [0.25, 0.3) is 5.56 Å². The Balaban J connectivity index is 1.27. The first kappa shape index (κ1) is 18.9. The summed E-state index contributed by atoms with van der Waals surface area (Å²) in [5, 5.41) is 4.73. The lowest BCUT2D eigenvalue weighted by Gasteiger charge is -2.36. The maximum atomic E-state index is 12.7. The third kappa shape index (κ3) is 3.62. The van der Waals surface area contributed by atoms with Gasteiger partial charge < -0.3 is 9.51 Å². The second kappa shape index (κ2) is 7.62. The lowest BCUT2D eigenvalue weighted by molar-refractivity contribution is 0.0831. The molecule has 0 amide bonds. The van der Waals surface area contributed by atoms with E-state index in [4.69, 9.17) is 9.51 Å². The summed E-state index contributed by atoms with van der Waals surface area (Å²) in [7, 11) is 0. The van der Waals surface area contributed by atoms with Crippen LogP contribution in [0.3, 0.4) is 0 Å². The number of H-pyrrole nitrogens is 1. The molecule has 2 aliphatic rings. The molecule has 3 aromatic rings. The molecule has 1 saturated heterocycles. The topological polar surface area (TPSA) is 91.2 Å². The molecule has 1 fully saturated rings. The van der Waals surface area contributed by atoms with Crippen molar-refractivity contribution in [3.63, 3.8) is 0 Å². The predicted octanol–water partition coefficient (Wildman–Crippen LogP) is 2.43. The van der Waals surface area contributed by atoms with Crippen LogP contribution in [0.1, 0.15) is 53.8 Å². The Kier molecular flexibility index (Phi) is 4.97. The molecular weight excluding hydrogens is 388 g/mol. The smallest absolute Gasteiger partial charge is 0.259 e. The van der Waals surface area contributed by atoms with E-state index in [0.29, 0.717) is 18.3 Å². The molecule has 1 aliphatic heterocycles. The van der Waals surface area contributed by atoms with Gasteiger partial charge in [-0.15, -0.1) is 11.3 Å². The van der Waals surface area contributed by atoms with Gasteiger partial charge in [0.15, 0.2) is 5.82 Å². The number of hydrogen-bond donors (Lipinski definition) is 1. The van der Waals surface area contributed by atoms with E-state index in [1.165, 1.54) is 23.3 Å². The van der Waals surface area contributed by atoms with Crippen molar-refractivity contribution in [2.75, 3.05) is 26.2 Å². The van der Waals surface area contributed by atoms with Gasteiger partial charge in [0.1, 0.15) is 10.7 Å². The number of rotatable bonds is 4. The summed E-state index contributed by atoms with van der Waals surface area (Å²) >= 11 is 1.71. The number of aryl methyl sites for hydroxylation is 3. The molecular formula is C20H26N6O2S. The molecule has 0 unspecified atom stereocenters. The Morgan fingerprint density at radius 3 is 2.72 bits per heavy atom. The van der Waals surface area contributed by atoms with Crippen LogP contribution in [0.5, 0.6) is 0 Å². The zero-order valence-electron chi connectivity index (χ0n) is 16.9. The highest BCUT2D eigenvalue weighted by Gasteiger charge is 2.26. The van der Waals surface area contributed by atoms with Gasteiger partial charge in [0, 0.05) is 31.1 Å². The van der Waals surface area contributed by atoms with Gasteiger partial charge in [-0.2, -0.15) is 4.98 Å². The van der Waals surface area contributed by atoms with Crippen LogP contribution < -0.4 is 5.56 Å². The first-order chi connectivity index (χ1) is 14.1. The van der Waals surface area contributed by atoms with Crippen molar-refractivity contribution < 1.29 is 4.52 Å². The van der Waals surface area contributed by atoms with E-state index in [1.54, 1.807) is 11.3 Å². The maximum Gasteiger partial charge on any atom is 0.259 e. The Morgan fingerprint density at radius 2 is 1.97 bits per heavy atom. The van der Waals surface area contributed by atoms with Crippen molar-refractivity contribution in [2.24, 2.45) is 0 Å². The third-order valence-corrected chi connectivity index (χ3v) is 7.29. The Hall–Kier alpha value is -2.10. The monoisotopic (exact) mass is 414 g/mol. The number of aromatic amines is 1. The lowest BCUT2D eigenvalue weighted by Crippen LogP contribution is -2.47. The van der Waals surface area contributed by atoms with Gasteiger partial charge in [-0.1, -0.05) is 5.16 Å². The van der Waals surface area contributed by atoms with Gasteiger partial charge in [-0.05, 0) is 45.1 Å². The molecule has 29 heavy (non-hydrogen) atoms. The first-order valence-corrected chi connectivity index (χ1v) is 11.2. The fourth-order valence-corrected chi connectivity index (χ4v) is 5.72. The molecule has 154 valence electrons. The Labute approximate surface area is 172 Å². The van der Waals surface area contributed by atoms with Crippen molar-refractivity contribution in [1.82, 2.24) is 29.9 Å². The Morgan fingerprint density at radius 1 is 1.17 bits per heavy atom. The molecule has 0 saturated carbocycles. The average Bonchev–Trinajstić information content (AvgIpc) is 3.31. The summed E-state index contributed by atoms with van der Waals surface area (Å²) in [5.41, 5.74) is 1.28. The number of aromatic nitrogens is 4. The van der Waals surface area contributed by atoms with Crippen molar-refractivity contribution in [3.05, 3.63) is 38.3 Å². The fraction of sp³-hybridized carbons (Fsp3) is 0.600. The van der Waals surface area contributed by atoms with Crippen LogP contribution in [0, 0.1) is 6.92 Å². The first-order valence-electron chi connectivity index (χ1n) is 10.4. The fourth-order valence-electron chi connectivity index (χ4n) is 4.44. The van der Waals surface area contributed by atoms with E-state index in [-0.39, 0.29) is 11.6 Å². The van der Waals surface area contributed by atoms with E-state index < -0.39 is 0 Å². The predicted molar refractivity (Wildman–Crippen MR) is 111 cm³/mol. The molecule has 0 aromatic carbocycles. The van der Waals surface area contributed by atoms with E-state index in [1.807, 2.05) is 6.92 Å². The van der Waals surface area contributed by atoms with Crippen LogP contribution in [0.4, 0.5) is 0 Å². The molecule has 9 heteroatoms. The van der Waals surface area contributed by atoms with E-state index >= 15 is 0 Å². The van der Waals surface area contributed by atoms with Crippen LogP contribution >= 0.6 is 11.3 Å². The second-order valence-corrected chi connectivity index (χ2v) is 9.16. The van der Waals surface area contributed by atoms with Crippen LogP contribution in [-0.4, -0.2) is 56.1 Å². The number of piperazine rings is 1. The van der Waals surface area contributed by atoms with Gasteiger partial charge in [0.05, 0.1) is 18.0 Å². The van der Waals surface area contributed by atoms with Crippen molar-refractivity contribution in [1.29, 1.82) is 0 Å². The zero-order chi connectivity index (χ0) is 20.0. The minimum Gasteiger partial charge on any atom is -0.338 e. The average molecular weight is 415 g/mol. The van der Waals surface area contributed by atoms with Gasteiger partial charge in [0.2, 0.25) is 5.89 Å². The number of thiophene rings is 1. The van der Waals surface area contributed by atoms with Crippen molar-refractivity contribution in [3.8, 4) is 0 Å². The molecule has 0 bridgehead atoms. The molecule has 8 nitrogen and oxygen atoms in total. The largest absolute Gasteiger partial charge is 0.338 e. The molecule has 0 radical (unpaired) electrons. The highest BCUT2D eigenvalue weighted by Crippen LogP contribution is 2.33. The quantitative estimate of drug-likeness (QED) is 0.701. The highest BCUT2D eigenvalue weighted by atomic mass is 32.1. The summed E-state index contributed by atoms with van der Waals surface area (Å²) in [5.74, 6) is 2.12. The standard InChI is InChI=1S/C20H26N6O2S/c1-12(19-21-13(2)24-28-19)26-9-7-25(8-10-26)11-16-22-18(27)17-14-5-3-4-6-15(14)29-20(17)23-16/h12H,3-11H2,1-2H3,(H,22,23,27)/t12-/m0/s1. The summed E-state index contributed by atoms with van der Waals surface area (Å²) in [6.45, 7) is 8.29. The molecule has 4 heterocycles. The number of nitrogens with one attached hydrogen (secondary N) is 1. The van der Waals surface area contributed by atoms with Crippen LogP contribution in [0.2, 0.25) is 0 Å². The summed E-state index contributed by atoms with van der Waals surface area (Å²) in [6, 6.07) is 0.116. The number of hydrogen-bond acceptors (Lipinski definition) is 8. The lowest BCUT2D eigenvalue weighted by atomic mass is 9.97. The molecule has 0 spiro atoms. The number of fused-ring (bicyclic) bond motifs is 3. The summed E-state index contributed by atoms with van der Waals surface area (Å²) in [4.78, 5) is 31.9. The minimum absolute atomic E-state index is 0.0309. The van der Waals surface area contributed by atoms with Crippen molar-refractivity contribution in [2.45, 2.75) is 52.1 Å². The van der Waals surface area contributed by atoms with E-state index in [9.17, 15) is 4.79 Å². The third-order valence-electron chi connectivity index (χ3n) is 6.10. The number of nitrogens with zero attached hydrogens (tertiary/aromatic N) is 5.